The topological polar surface area (TPSA) is 41.3 Å². The van der Waals surface area contributed by atoms with Crippen LogP contribution >= 0.6 is 0 Å². The van der Waals surface area contributed by atoms with Crippen molar-refractivity contribution in [1.29, 1.82) is 0 Å². The van der Waals surface area contributed by atoms with Crippen LogP contribution in [0.15, 0.2) is 54.7 Å². The van der Waals surface area contributed by atoms with Crippen molar-refractivity contribution in [3.8, 4) is 0 Å². The Morgan fingerprint density at radius 1 is 1.30 bits per heavy atom. The van der Waals surface area contributed by atoms with E-state index in [1.807, 2.05) is 62.4 Å². The first-order valence-electron chi connectivity index (χ1n) is 6.55. The number of hydrogen-bond acceptors (Lipinski definition) is 3. The monoisotopic (exact) mass is 271 g/mol. The van der Waals surface area contributed by atoms with Crippen LogP contribution in [-0.4, -0.2) is 40.4 Å². The molecule has 106 valence electrons. The van der Waals surface area contributed by atoms with Crippen LogP contribution in [0.4, 0.5) is 0 Å². The molecular weight excluding hydrogens is 250 g/mol. The summed E-state index contributed by atoms with van der Waals surface area (Å²) in [6.45, 7) is 4.70. The molecule has 1 atom stereocenters. The van der Waals surface area contributed by atoms with Gasteiger partial charge < -0.3 is 10.0 Å². The van der Waals surface area contributed by atoms with E-state index in [-0.39, 0.29) is 0 Å². The molecular formula is C16H21N3O. The molecule has 4 nitrogen and oxygen atoms in total. The summed E-state index contributed by atoms with van der Waals surface area (Å²) in [6, 6.07) is 11.4. The molecule has 0 saturated carbocycles. The number of aromatic nitrogens is 2. The highest BCUT2D eigenvalue weighted by atomic mass is 16.3. The van der Waals surface area contributed by atoms with Gasteiger partial charge in [0.2, 0.25) is 0 Å². The number of aliphatic hydroxyl groups is 1. The number of aryl methyl sites for hydroxylation is 1. The second-order valence-electron chi connectivity index (χ2n) is 5.26. The summed E-state index contributed by atoms with van der Waals surface area (Å²) in [5.74, 6) is 0. The molecule has 2 rings (SSSR count). The lowest BCUT2D eigenvalue weighted by atomic mass is 9.83. The fourth-order valence-electron chi connectivity index (χ4n) is 2.44. The van der Waals surface area contributed by atoms with E-state index in [0.29, 0.717) is 6.54 Å². The number of likely N-dealkylation sites (N-methyl/N-ethyl adjacent to an activating group) is 1. The van der Waals surface area contributed by atoms with Gasteiger partial charge in [-0.15, -0.1) is 0 Å². The highest BCUT2D eigenvalue weighted by molar-refractivity contribution is 5.41. The number of rotatable bonds is 5. The van der Waals surface area contributed by atoms with E-state index in [4.69, 9.17) is 0 Å². The van der Waals surface area contributed by atoms with Crippen LogP contribution < -0.4 is 0 Å². The summed E-state index contributed by atoms with van der Waals surface area (Å²) in [4.78, 5) is 1.99. The van der Waals surface area contributed by atoms with Crippen molar-refractivity contribution in [2.24, 2.45) is 7.05 Å². The molecule has 0 spiro atoms. The number of nitrogens with zero attached hydrogens (tertiary/aromatic N) is 3. The van der Waals surface area contributed by atoms with Crippen LogP contribution in [-0.2, 0) is 12.6 Å². The van der Waals surface area contributed by atoms with Gasteiger partial charge in [-0.05, 0) is 31.3 Å². The molecule has 0 radical (unpaired) electrons. The summed E-state index contributed by atoms with van der Waals surface area (Å²) < 4.78 is 1.69. The minimum Gasteiger partial charge on any atom is -0.375 e. The predicted molar refractivity (Wildman–Crippen MR) is 80.3 cm³/mol. The zero-order valence-corrected chi connectivity index (χ0v) is 12.2. The molecule has 0 bridgehead atoms. The first kappa shape index (κ1) is 14.5. The lowest BCUT2D eigenvalue weighted by Gasteiger charge is -2.32. The minimum atomic E-state index is -1.24. The summed E-state index contributed by atoms with van der Waals surface area (Å²) in [5, 5.41) is 15.5. The van der Waals surface area contributed by atoms with Crippen LogP contribution in [0, 0.1) is 0 Å². The molecule has 20 heavy (non-hydrogen) atoms. The second kappa shape index (κ2) is 5.61. The summed E-state index contributed by atoms with van der Waals surface area (Å²) in [6.07, 6.45) is 1.69. The largest absolute Gasteiger partial charge is 0.375 e. The smallest absolute Gasteiger partial charge is 0.153 e. The van der Waals surface area contributed by atoms with Gasteiger partial charge in [-0.25, -0.2) is 0 Å². The molecule has 0 fully saturated rings. The average Bonchev–Trinajstić information content (AvgIpc) is 2.84. The minimum absolute atomic E-state index is 0.594. The predicted octanol–water partition coefficient (Wildman–Crippen LogP) is 1.77. The molecule has 1 aromatic carbocycles. The Morgan fingerprint density at radius 2 is 1.95 bits per heavy atom. The van der Waals surface area contributed by atoms with Gasteiger partial charge in [0, 0.05) is 19.8 Å². The fraction of sp³-hybridized carbons (Fsp3) is 0.312. The van der Waals surface area contributed by atoms with Crippen LogP contribution in [0.1, 0.15) is 11.3 Å². The maximum atomic E-state index is 11.4. The summed E-state index contributed by atoms with van der Waals surface area (Å²) in [7, 11) is 5.74. The SMILES string of the molecule is C=C(CN(C)C)C(O)(c1ccccc1)c1ccnn1C. The Bertz CT molecular complexity index is 589. The first-order chi connectivity index (χ1) is 9.46. The third-order valence-electron chi connectivity index (χ3n) is 3.40. The zero-order chi connectivity index (χ0) is 14.8. The second-order valence-corrected chi connectivity index (χ2v) is 5.26. The molecule has 0 aliphatic heterocycles. The Balaban J connectivity index is 2.55. The maximum absolute atomic E-state index is 11.4. The van der Waals surface area contributed by atoms with Crippen LogP contribution in [0.5, 0.6) is 0 Å². The van der Waals surface area contributed by atoms with E-state index in [1.165, 1.54) is 0 Å². The van der Waals surface area contributed by atoms with Crippen LogP contribution in [0.25, 0.3) is 0 Å². The van der Waals surface area contributed by atoms with E-state index in [2.05, 4.69) is 11.7 Å². The quantitative estimate of drug-likeness (QED) is 0.843. The third-order valence-corrected chi connectivity index (χ3v) is 3.40. The molecule has 0 aliphatic carbocycles. The van der Waals surface area contributed by atoms with Crippen molar-refractivity contribution in [2.45, 2.75) is 5.60 Å². The zero-order valence-electron chi connectivity index (χ0n) is 12.2. The molecule has 0 amide bonds. The van der Waals surface area contributed by atoms with E-state index in [1.54, 1.807) is 10.9 Å². The number of hydrogen-bond donors (Lipinski definition) is 1. The van der Waals surface area contributed by atoms with Crippen molar-refractivity contribution in [3.05, 3.63) is 66.0 Å². The molecule has 4 heteroatoms. The van der Waals surface area contributed by atoms with E-state index < -0.39 is 5.60 Å². The van der Waals surface area contributed by atoms with Crippen molar-refractivity contribution in [2.75, 3.05) is 20.6 Å². The first-order valence-corrected chi connectivity index (χ1v) is 6.55. The Morgan fingerprint density at radius 3 is 2.45 bits per heavy atom. The normalized spacial score (nSPS) is 14.2. The lowest BCUT2D eigenvalue weighted by Crippen LogP contribution is -2.36. The van der Waals surface area contributed by atoms with Crippen molar-refractivity contribution in [3.63, 3.8) is 0 Å². The van der Waals surface area contributed by atoms with Gasteiger partial charge in [0.05, 0.1) is 5.69 Å². The molecule has 1 aromatic heterocycles. The molecule has 1 heterocycles. The van der Waals surface area contributed by atoms with Gasteiger partial charge in [-0.2, -0.15) is 5.10 Å². The molecule has 1 N–H and O–H groups in total. The van der Waals surface area contributed by atoms with Crippen molar-refractivity contribution in [1.82, 2.24) is 14.7 Å². The Labute approximate surface area is 120 Å². The van der Waals surface area contributed by atoms with Gasteiger partial charge in [0.15, 0.2) is 5.60 Å². The van der Waals surface area contributed by atoms with E-state index >= 15 is 0 Å². The number of benzene rings is 1. The Kier molecular flexibility index (Phi) is 4.06. The standard InChI is InChI=1S/C16H21N3O/c1-13(12-18(2)3)16(20,14-8-6-5-7-9-14)15-10-11-17-19(15)4/h5-11,20H,1,12H2,2-4H3. The van der Waals surface area contributed by atoms with Crippen molar-refractivity contribution < 1.29 is 5.11 Å². The maximum Gasteiger partial charge on any atom is 0.153 e. The summed E-state index contributed by atoms with van der Waals surface area (Å²) in [5.41, 5.74) is 1.000. The van der Waals surface area contributed by atoms with E-state index in [0.717, 1.165) is 16.8 Å². The van der Waals surface area contributed by atoms with Gasteiger partial charge in [-0.1, -0.05) is 36.9 Å². The van der Waals surface area contributed by atoms with Gasteiger partial charge in [0.25, 0.3) is 0 Å². The molecule has 0 saturated heterocycles. The fourth-order valence-corrected chi connectivity index (χ4v) is 2.44. The van der Waals surface area contributed by atoms with E-state index in [9.17, 15) is 5.11 Å². The van der Waals surface area contributed by atoms with Crippen molar-refractivity contribution >= 4 is 0 Å². The van der Waals surface area contributed by atoms with Crippen LogP contribution in [0.3, 0.4) is 0 Å². The molecule has 0 aliphatic rings. The van der Waals surface area contributed by atoms with Gasteiger partial charge in [-0.3, -0.25) is 4.68 Å². The molecule has 2 aromatic rings. The average molecular weight is 271 g/mol. The van der Waals surface area contributed by atoms with Gasteiger partial charge >= 0.3 is 0 Å². The molecule has 1 unspecified atom stereocenters. The highest BCUT2D eigenvalue weighted by Crippen LogP contribution is 2.35. The lowest BCUT2D eigenvalue weighted by molar-refractivity contribution is 0.104. The van der Waals surface area contributed by atoms with Crippen LogP contribution in [0.2, 0.25) is 0 Å². The van der Waals surface area contributed by atoms with Gasteiger partial charge in [0.1, 0.15) is 0 Å². The third kappa shape index (κ3) is 2.53. The highest BCUT2D eigenvalue weighted by Gasteiger charge is 2.37. The Hall–Kier alpha value is -1.91. The summed E-state index contributed by atoms with van der Waals surface area (Å²) >= 11 is 0.